The van der Waals surface area contributed by atoms with Crippen molar-refractivity contribution in [2.75, 3.05) is 40.0 Å². The van der Waals surface area contributed by atoms with Gasteiger partial charge in [-0.3, -0.25) is 9.69 Å². The lowest BCUT2D eigenvalue weighted by molar-refractivity contribution is -0.155. The number of likely N-dealkylation sites (tertiary alicyclic amines) is 1. The molecule has 1 saturated heterocycles. The van der Waals surface area contributed by atoms with Crippen molar-refractivity contribution in [1.29, 1.82) is 0 Å². The molecule has 5 nitrogen and oxygen atoms in total. The first-order valence-corrected chi connectivity index (χ1v) is 6.55. The van der Waals surface area contributed by atoms with E-state index in [2.05, 4.69) is 4.90 Å². The molecule has 0 N–H and O–H groups in total. The zero-order chi connectivity index (χ0) is 13.6. The van der Waals surface area contributed by atoms with Crippen LogP contribution >= 0.6 is 0 Å². The summed E-state index contributed by atoms with van der Waals surface area (Å²) in [6, 6.07) is 0. The molecule has 1 rings (SSSR count). The Morgan fingerprint density at radius 3 is 2.72 bits per heavy atom. The zero-order valence-corrected chi connectivity index (χ0v) is 11.9. The molecule has 1 atom stereocenters. The fourth-order valence-corrected chi connectivity index (χ4v) is 2.11. The zero-order valence-electron chi connectivity index (χ0n) is 11.9. The minimum atomic E-state index is -0.574. The summed E-state index contributed by atoms with van der Waals surface area (Å²) in [5.41, 5.74) is -0.574. The van der Waals surface area contributed by atoms with E-state index in [9.17, 15) is 4.79 Å². The van der Waals surface area contributed by atoms with Gasteiger partial charge in [-0.25, -0.2) is 0 Å². The van der Waals surface area contributed by atoms with E-state index in [1.165, 1.54) is 0 Å². The van der Waals surface area contributed by atoms with E-state index in [1.54, 1.807) is 7.11 Å². The third kappa shape index (κ3) is 3.93. The summed E-state index contributed by atoms with van der Waals surface area (Å²) >= 11 is 0. The number of esters is 1. The Bertz CT molecular complexity index is 268. The quantitative estimate of drug-likeness (QED) is 0.505. The summed E-state index contributed by atoms with van der Waals surface area (Å²) < 4.78 is 15.8. The molecule has 0 spiro atoms. The van der Waals surface area contributed by atoms with Gasteiger partial charge in [0.05, 0.1) is 25.9 Å². The van der Waals surface area contributed by atoms with E-state index >= 15 is 0 Å². The highest BCUT2D eigenvalue weighted by atomic mass is 16.5. The van der Waals surface area contributed by atoms with Gasteiger partial charge in [-0.2, -0.15) is 0 Å². The van der Waals surface area contributed by atoms with Crippen molar-refractivity contribution in [3.63, 3.8) is 0 Å². The summed E-state index contributed by atoms with van der Waals surface area (Å²) in [7, 11) is 1.66. The second-order valence-corrected chi connectivity index (χ2v) is 5.00. The molecule has 0 amide bonds. The molecule has 0 radical (unpaired) electrons. The molecule has 18 heavy (non-hydrogen) atoms. The van der Waals surface area contributed by atoms with Gasteiger partial charge in [-0.1, -0.05) is 0 Å². The number of carbonyl (C=O) groups excluding carboxylic acids is 1. The standard InChI is InChI=1S/C13H25NO4/c1-5-17-12(15)13(2,3)14-7-6-11(10-14)18-9-8-16-4/h11H,5-10H2,1-4H3. The van der Waals surface area contributed by atoms with Gasteiger partial charge in [0, 0.05) is 20.2 Å². The van der Waals surface area contributed by atoms with Crippen LogP contribution in [0.15, 0.2) is 0 Å². The summed E-state index contributed by atoms with van der Waals surface area (Å²) in [4.78, 5) is 14.0. The molecule has 0 aliphatic carbocycles. The van der Waals surface area contributed by atoms with Crippen molar-refractivity contribution in [3.8, 4) is 0 Å². The van der Waals surface area contributed by atoms with Crippen LogP contribution in [0.2, 0.25) is 0 Å². The van der Waals surface area contributed by atoms with Crippen LogP contribution in [0.1, 0.15) is 27.2 Å². The minimum absolute atomic E-state index is 0.164. The van der Waals surface area contributed by atoms with Crippen molar-refractivity contribution >= 4 is 5.97 Å². The van der Waals surface area contributed by atoms with E-state index in [0.717, 1.165) is 19.5 Å². The first kappa shape index (κ1) is 15.4. The molecule has 0 saturated carbocycles. The van der Waals surface area contributed by atoms with Crippen LogP contribution < -0.4 is 0 Å². The van der Waals surface area contributed by atoms with Gasteiger partial charge in [0.25, 0.3) is 0 Å². The fourth-order valence-electron chi connectivity index (χ4n) is 2.11. The van der Waals surface area contributed by atoms with Crippen LogP contribution in [0.4, 0.5) is 0 Å². The predicted octanol–water partition coefficient (Wildman–Crippen LogP) is 1.07. The van der Waals surface area contributed by atoms with E-state index in [4.69, 9.17) is 14.2 Å². The lowest BCUT2D eigenvalue weighted by Crippen LogP contribution is -2.50. The van der Waals surface area contributed by atoms with Gasteiger partial charge in [-0.15, -0.1) is 0 Å². The molecular weight excluding hydrogens is 234 g/mol. The van der Waals surface area contributed by atoms with Gasteiger partial charge in [0.2, 0.25) is 0 Å². The number of carbonyl (C=O) groups is 1. The second kappa shape index (κ2) is 7.07. The Balaban J connectivity index is 2.42. The molecule has 5 heteroatoms. The van der Waals surface area contributed by atoms with Gasteiger partial charge in [-0.05, 0) is 27.2 Å². The van der Waals surface area contributed by atoms with Gasteiger partial charge in [0.1, 0.15) is 5.54 Å². The molecule has 1 fully saturated rings. The molecule has 0 aromatic heterocycles. The van der Waals surface area contributed by atoms with Crippen molar-refractivity contribution in [1.82, 2.24) is 4.90 Å². The van der Waals surface area contributed by atoms with E-state index in [-0.39, 0.29) is 12.1 Å². The van der Waals surface area contributed by atoms with Crippen LogP contribution in [-0.4, -0.2) is 62.5 Å². The predicted molar refractivity (Wildman–Crippen MR) is 68.5 cm³/mol. The van der Waals surface area contributed by atoms with Crippen LogP contribution in [0.3, 0.4) is 0 Å². The molecule has 0 bridgehead atoms. The summed E-state index contributed by atoms with van der Waals surface area (Å²) in [6.07, 6.45) is 1.14. The van der Waals surface area contributed by atoms with Crippen LogP contribution in [0.25, 0.3) is 0 Å². The lowest BCUT2D eigenvalue weighted by atomic mass is 10.0. The molecule has 0 aromatic carbocycles. The van der Waals surface area contributed by atoms with Crippen molar-refractivity contribution in [2.24, 2.45) is 0 Å². The summed E-state index contributed by atoms with van der Waals surface area (Å²) in [6.45, 7) is 8.91. The maximum atomic E-state index is 11.9. The smallest absolute Gasteiger partial charge is 0.325 e. The Hall–Kier alpha value is -0.650. The van der Waals surface area contributed by atoms with Crippen LogP contribution in [0.5, 0.6) is 0 Å². The van der Waals surface area contributed by atoms with E-state index in [1.807, 2.05) is 20.8 Å². The third-order valence-electron chi connectivity index (χ3n) is 3.35. The highest BCUT2D eigenvalue weighted by Gasteiger charge is 2.40. The number of rotatable bonds is 7. The topological polar surface area (TPSA) is 48.0 Å². The maximum Gasteiger partial charge on any atom is 0.325 e. The average Bonchev–Trinajstić information content (AvgIpc) is 2.79. The van der Waals surface area contributed by atoms with E-state index in [0.29, 0.717) is 19.8 Å². The Kier molecular flexibility index (Phi) is 6.05. The minimum Gasteiger partial charge on any atom is -0.465 e. The monoisotopic (exact) mass is 259 g/mol. The number of hydrogen-bond donors (Lipinski definition) is 0. The van der Waals surface area contributed by atoms with Gasteiger partial charge >= 0.3 is 5.97 Å². The van der Waals surface area contributed by atoms with E-state index < -0.39 is 5.54 Å². The number of ether oxygens (including phenoxy) is 3. The first-order chi connectivity index (χ1) is 8.52. The SMILES string of the molecule is CCOC(=O)C(C)(C)N1CCC(OCCOC)C1. The van der Waals surface area contributed by atoms with Crippen molar-refractivity contribution in [2.45, 2.75) is 38.8 Å². The summed E-state index contributed by atoms with van der Waals surface area (Å²) in [5.74, 6) is -0.164. The largest absolute Gasteiger partial charge is 0.465 e. The highest BCUT2D eigenvalue weighted by Crippen LogP contribution is 2.24. The first-order valence-electron chi connectivity index (χ1n) is 6.55. The molecule has 1 aliphatic rings. The Morgan fingerprint density at radius 1 is 1.39 bits per heavy atom. The maximum absolute atomic E-state index is 11.9. The molecular formula is C13H25NO4. The Morgan fingerprint density at radius 2 is 2.11 bits per heavy atom. The van der Waals surface area contributed by atoms with Gasteiger partial charge in [0.15, 0.2) is 0 Å². The molecule has 1 unspecified atom stereocenters. The average molecular weight is 259 g/mol. The van der Waals surface area contributed by atoms with Crippen molar-refractivity contribution < 1.29 is 19.0 Å². The van der Waals surface area contributed by atoms with Crippen LogP contribution in [-0.2, 0) is 19.0 Å². The Labute approximate surface area is 109 Å². The van der Waals surface area contributed by atoms with Crippen molar-refractivity contribution in [3.05, 3.63) is 0 Å². The number of methoxy groups -OCH3 is 1. The normalized spacial score (nSPS) is 21.2. The molecule has 0 aromatic rings. The highest BCUT2D eigenvalue weighted by molar-refractivity contribution is 5.79. The van der Waals surface area contributed by atoms with Gasteiger partial charge < -0.3 is 14.2 Å². The molecule has 1 aliphatic heterocycles. The molecule has 106 valence electrons. The third-order valence-corrected chi connectivity index (χ3v) is 3.35. The summed E-state index contributed by atoms with van der Waals surface area (Å²) in [5, 5.41) is 0. The fraction of sp³-hybridized carbons (Fsp3) is 0.923. The number of hydrogen-bond acceptors (Lipinski definition) is 5. The second-order valence-electron chi connectivity index (χ2n) is 5.00. The molecule has 1 heterocycles. The number of nitrogens with zero attached hydrogens (tertiary/aromatic N) is 1. The lowest BCUT2D eigenvalue weighted by Gasteiger charge is -2.32. The van der Waals surface area contributed by atoms with Crippen LogP contribution in [0, 0.1) is 0 Å².